The third kappa shape index (κ3) is 3.50. The van der Waals surface area contributed by atoms with Crippen LogP contribution in [0.25, 0.3) is 0 Å². The quantitative estimate of drug-likeness (QED) is 0.705. The standard InChI is InChI=1S/C15H18N2O/c16-13-6-8-14(9-7-13)17-15(11-18)10-12-4-2-1-3-5-12/h1-9,15,17-18H,10-11,16H2. The summed E-state index contributed by atoms with van der Waals surface area (Å²) in [7, 11) is 0. The second-order valence-electron chi connectivity index (χ2n) is 4.34. The lowest BCUT2D eigenvalue weighted by atomic mass is 10.1. The molecule has 0 saturated carbocycles. The van der Waals surface area contributed by atoms with Gasteiger partial charge in [-0.1, -0.05) is 30.3 Å². The van der Waals surface area contributed by atoms with Gasteiger partial charge in [-0.25, -0.2) is 0 Å². The van der Waals surface area contributed by atoms with Crippen molar-refractivity contribution in [3.8, 4) is 0 Å². The highest BCUT2D eigenvalue weighted by molar-refractivity contribution is 5.51. The van der Waals surface area contributed by atoms with E-state index in [0.717, 1.165) is 17.8 Å². The van der Waals surface area contributed by atoms with E-state index < -0.39 is 0 Å². The molecule has 1 unspecified atom stereocenters. The number of rotatable bonds is 5. The van der Waals surface area contributed by atoms with Crippen LogP contribution < -0.4 is 11.1 Å². The lowest BCUT2D eigenvalue weighted by Gasteiger charge is -2.17. The molecule has 1 atom stereocenters. The molecule has 0 aliphatic rings. The predicted octanol–water partition coefficient (Wildman–Crippen LogP) is 2.28. The Bertz CT molecular complexity index is 468. The minimum absolute atomic E-state index is 0.0102. The van der Waals surface area contributed by atoms with Gasteiger partial charge in [-0.3, -0.25) is 0 Å². The third-order valence-electron chi connectivity index (χ3n) is 2.83. The second-order valence-corrected chi connectivity index (χ2v) is 4.34. The molecule has 0 aliphatic heterocycles. The number of aliphatic hydroxyl groups excluding tert-OH is 1. The van der Waals surface area contributed by atoms with E-state index in [0.29, 0.717) is 0 Å². The highest BCUT2D eigenvalue weighted by Gasteiger charge is 2.07. The molecule has 94 valence electrons. The van der Waals surface area contributed by atoms with Crippen LogP contribution in [0, 0.1) is 0 Å². The Hall–Kier alpha value is -2.00. The van der Waals surface area contributed by atoms with Gasteiger partial charge < -0.3 is 16.2 Å². The Balaban J connectivity index is 1.99. The monoisotopic (exact) mass is 242 g/mol. The van der Waals surface area contributed by atoms with Crippen molar-refractivity contribution in [2.24, 2.45) is 0 Å². The van der Waals surface area contributed by atoms with E-state index in [1.54, 1.807) is 0 Å². The summed E-state index contributed by atoms with van der Waals surface area (Å²) in [5.74, 6) is 0. The van der Waals surface area contributed by atoms with Gasteiger partial charge >= 0.3 is 0 Å². The van der Waals surface area contributed by atoms with E-state index >= 15 is 0 Å². The minimum Gasteiger partial charge on any atom is -0.399 e. The SMILES string of the molecule is Nc1ccc(NC(CO)Cc2ccccc2)cc1. The van der Waals surface area contributed by atoms with Crippen LogP contribution >= 0.6 is 0 Å². The number of nitrogens with one attached hydrogen (secondary N) is 1. The van der Waals surface area contributed by atoms with Crippen LogP contribution in [-0.2, 0) is 6.42 Å². The average molecular weight is 242 g/mol. The van der Waals surface area contributed by atoms with Crippen molar-refractivity contribution in [1.82, 2.24) is 0 Å². The van der Waals surface area contributed by atoms with Crippen LogP contribution in [0.3, 0.4) is 0 Å². The summed E-state index contributed by atoms with van der Waals surface area (Å²) < 4.78 is 0. The fourth-order valence-electron chi connectivity index (χ4n) is 1.87. The molecular weight excluding hydrogens is 224 g/mol. The van der Waals surface area contributed by atoms with Crippen molar-refractivity contribution in [1.29, 1.82) is 0 Å². The fraction of sp³-hybridized carbons (Fsp3) is 0.200. The van der Waals surface area contributed by atoms with E-state index in [1.807, 2.05) is 42.5 Å². The summed E-state index contributed by atoms with van der Waals surface area (Å²) in [6, 6.07) is 17.7. The van der Waals surface area contributed by atoms with Gasteiger partial charge in [0.05, 0.1) is 12.6 Å². The van der Waals surface area contributed by atoms with Crippen LogP contribution in [0.2, 0.25) is 0 Å². The molecule has 0 spiro atoms. The Morgan fingerprint density at radius 3 is 2.28 bits per heavy atom. The van der Waals surface area contributed by atoms with Crippen molar-refractivity contribution >= 4 is 11.4 Å². The van der Waals surface area contributed by atoms with Crippen molar-refractivity contribution in [3.05, 3.63) is 60.2 Å². The van der Waals surface area contributed by atoms with Crippen molar-refractivity contribution in [2.45, 2.75) is 12.5 Å². The van der Waals surface area contributed by atoms with Gasteiger partial charge in [-0.05, 0) is 36.2 Å². The molecule has 3 nitrogen and oxygen atoms in total. The van der Waals surface area contributed by atoms with E-state index in [-0.39, 0.29) is 12.6 Å². The van der Waals surface area contributed by atoms with E-state index in [1.165, 1.54) is 5.56 Å². The number of anilines is 2. The van der Waals surface area contributed by atoms with Crippen molar-refractivity contribution < 1.29 is 5.11 Å². The molecule has 0 fully saturated rings. The fourth-order valence-corrected chi connectivity index (χ4v) is 1.87. The van der Waals surface area contributed by atoms with Gasteiger partial charge in [0, 0.05) is 11.4 Å². The molecular formula is C15H18N2O. The molecule has 0 bridgehead atoms. The van der Waals surface area contributed by atoms with Crippen molar-refractivity contribution in [2.75, 3.05) is 17.7 Å². The lowest BCUT2D eigenvalue weighted by molar-refractivity contribution is 0.273. The molecule has 0 amide bonds. The van der Waals surface area contributed by atoms with Crippen LogP contribution in [-0.4, -0.2) is 17.8 Å². The van der Waals surface area contributed by atoms with Crippen LogP contribution in [0.4, 0.5) is 11.4 Å². The molecule has 4 N–H and O–H groups in total. The van der Waals surface area contributed by atoms with E-state index in [9.17, 15) is 5.11 Å². The lowest BCUT2D eigenvalue weighted by Crippen LogP contribution is -2.26. The Labute approximate surface area is 107 Å². The summed E-state index contributed by atoms with van der Waals surface area (Å²) in [4.78, 5) is 0. The topological polar surface area (TPSA) is 58.3 Å². The average Bonchev–Trinajstić information content (AvgIpc) is 2.41. The Kier molecular flexibility index (Phi) is 4.20. The highest BCUT2D eigenvalue weighted by Crippen LogP contribution is 2.13. The maximum absolute atomic E-state index is 9.42. The van der Waals surface area contributed by atoms with Crippen molar-refractivity contribution in [3.63, 3.8) is 0 Å². The molecule has 0 radical (unpaired) electrons. The first kappa shape index (κ1) is 12.5. The zero-order valence-electron chi connectivity index (χ0n) is 10.2. The normalized spacial score (nSPS) is 12.1. The number of benzene rings is 2. The third-order valence-corrected chi connectivity index (χ3v) is 2.83. The van der Waals surface area contributed by atoms with Gasteiger partial charge in [0.1, 0.15) is 0 Å². The molecule has 3 heteroatoms. The number of nitrogen functional groups attached to an aromatic ring is 1. The van der Waals surface area contributed by atoms with Gasteiger partial charge in [0.2, 0.25) is 0 Å². The van der Waals surface area contributed by atoms with E-state index in [2.05, 4.69) is 17.4 Å². The van der Waals surface area contributed by atoms with Crippen LogP contribution in [0.5, 0.6) is 0 Å². The molecule has 0 saturated heterocycles. The summed E-state index contributed by atoms with van der Waals surface area (Å²) in [5, 5.41) is 12.7. The zero-order chi connectivity index (χ0) is 12.8. The number of nitrogens with two attached hydrogens (primary N) is 1. The van der Waals surface area contributed by atoms with Crippen LogP contribution in [0.15, 0.2) is 54.6 Å². The predicted molar refractivity (Wildman–Crippen MR) is 75.5 cm³/mol. The first-order chi connectivity index (χ1) is 8.78. The summed E-state index contributed by atoms with van der Waals surface area (Å²) >= 11 is 0. The summed E-state index contributed by atoms with van der Waals surface area (Å²) in [5.41, 5.74) is 8.56. The molecule has 2 aromatic carbocycles. The Morgan fingerprint density at radius 1 is 1.00 bits per heavy atom. The molecule has 18 heavy (non-hydrogen) atoms. The largest absolute Gasteiger partial charge is 0.399 e. The number of hydrogen-bond donors (Lipinski definition) is 3. The molecule has 0 aromatic heterocycles. The van der Waals surface area contributed by atoms with E-state index in [4.69, 9.17) is 5.73 Å². The number of hydrogen-bond acceptors (Lipinski definition) is 3. The molecule has 0 heterocycles. The van der Waals surface area contributed by atoms with Gasteiger partial charge in [-0.2, -0.15) is 0 Å². The number of aliphatic hydroxyl groups is 1. The van der Waals surface area contributed by atoms with Gasteiger partial charge in [0.25, 0.3) is 0 Å². The molecule has 2 aromatic rings. The Morgan fingerprint density at radius 2 is 1.67 bits per heavy atom. The maximum Gasteiger partial charge on any atom is 0.0636 e. The van der Waals surface area contributed by atoms with Gasteiger partial charge in [0.15, 0.2) is 0 Å². The summed E-state index contributed by atoms with van der Waals surface area (Å²) in [6.07, 6.45) is 0.793. The second kappa shape index (κ2) is 6.07. The first-order valence-electron chi connectivity index (χ1n) is 6.05. The molecule has 2 rings (SSSR count). The van der Waals surface area contributed by atoms with Crippen LogP contribution in [0.1, 0.15) is 5.56 Å². The minimum atomic E-state index is 0.0102. The first-order valence-corrected chi connectivity index (χ1v) is 6.05. The maximum atomic E-state index is 9.42. The summed E-state index contributed by atoms with van der Waals surface area (Å²) in [6.45, 7) is 0.0965. The smallest absolute Gasteiger partial charge is 0.0636 e. The van der Waals surface area contributed by atoms with Gasteiger partial charge in [-0.15, -0.1) is 0 Å². The zero-order valence-corrected chi connectivity index (χ0v) is 10.2. The molecule has 0 aliphatic carbocycles. The highest BCUT2D eigenvalue weighted by atomic mass is 16.3.